The molecule has 0 saturated carbocycles. The molecular formula is H2O3V. The number of hydrogen-bond acceptors (Lipinski definition) is 2. The van der Waals surface area contributed by atoms with Gasteiger partial charge in [0.05, 0.1) is 0 Å². The Morgan fingerprint density at radius 1 is 1.25 bits per heavy atom. The van der Waals surface area contributed by atoms with Gasteiger partial charge in [-0.2, -0.15) is 0 Å². The summed E-state index contributed by atoms with van der Waals surface area (Å²) >= 11 is -1.81. The quantitative estimate of drug-likeness (QED) is 0.390. The van der Waals surface area contributed by atoms with Gasteiger partial charge in [-0.15, -0.1) is 0 Å². The van der Waals surface area contributed by atoms with Crippen molar-refractivity contribution in [2.24, 2.45) is 0 Å². The summed E-state index contributed by atoms with van der Waals surface area (Å²) in [7, 11) is 0. The summed E-state index contributed by atoms with van der Waals surface area (Å²) in [6, 6.07) is 0. The van der Waals surface area contributed by atoms with Crippen molar-refractivity contribution in [2.75, 3.05) is 0 Å². The zero-order valence-corrected chi connectivity index (χ0v) is 3.16. The fourth-order valence-corrected chi connectivity index (χ4v) is 0. The monoisotopic (exact) mass is 101 g/mol. The van der Waals surface area contributed by atoms with E-state index >= 15 is 0 Å². The van der Waals surface area contributed by atoms with Crippen molar-refractivity contribution < 1.29 is 29.0 Å². The first-order chi connectivity index (χ1) is 1.41. The fourth-order valence-electron chi connectivity index (χ4n) is 0. The first kappa shape index (κ1) is 8.91. The molecule has 0 atom stereocenters. The van der Waals surface area contributed by atoms with Crippen LogP contribution in [0.5, 0.6) is 0 Å². The van der Waals surface area contributed by atoms with Crippen LogP contribution >= 0.6 is 0 Å². The van der Waals surface area contributed by atoms with Crippen molar-refractivity contribution in [2.45, 2.75) is 0 Å². The molecule has 0 bridgehead atoms. The zero-order chi connectivity index (χ0) is 2.71. The molecule has 0 aliphatic heterocycles. The van der Waals surface area contributed by atoms with E-state index in [1.54, 1.807) is 0 Å². The van der Waals surface area contributed by atoms with Crippen LogP contribution in [0.2, 0.25) is 0 Å². The van der Waals surface area contributed by atoms with Gasteiger partial charge in [-0.3, -0.25) is 0 Å². The summed E-state index contributed by atoms with van der Waals surface area (Å²) in [4.78, 5) is 0. The molecule has 0 saturated heterocycles. The third-order valence-electron chi connectivity index (χ3n) is 0. The maximum atomic E-state index is 8.47. The molecular weight excluding hydrogens is 98.9 g/mol. The third-order valence-corrected chi connectivity index (χ3v) is 0. The van der Waals surface area contributed by atoms with Crippen molar-refractivity contribution in [1.82, 2.24) is 0 Å². The predicted octanol–water partition coefficient (Wildman–Crippen LogP) is -1.06. The average molecular weight is 101 g/mol. The van der Waals surface area contributed by atoms with E-state index in [4.69, 9.17) is 7.35 Å². The Hall–Kier alpha value is 0.144. The van der Waals surface area contributed by atoms with Crippen molar-refractivity contribution >= 4 is 0 Å². The molecule has 0 aromatic heterocycles. The fraction of sp³-hybridized carbons (Fsp3) is 0. The van der Waals surface area contributed by atoms with Crippen molar-refractivity contribution in [3.63, 3.8) is 0 Å². The molecule has 0 spiro atoms. The molecule has 2 N–H and O–H groups in total. The Labute approximate surface area is 29.8 Å². The Morgan fingerprint density at radius 2 is 1.25 bits per heavy atom. The van der Waals surface area contributed by atoms with Crippen LogP contribution in [0.3, 0.4) is 0 Å². The van der Waals surface area contributed by atoms with E-state index in [-0.39, 0.29) is 5.48 Å². The molecule has 3 nitrogen and oxygen atoms in total. The van der Waals surface area contributed by atoms with Gasteiger partial charge in [0.15, 0.2) is 0 Å². The molecule has 4 heteroatoms. The second-order valence-corrected chi connectivity index (χ2v) is 0.307. The summed E-state index contributed by atoms with van der Waals surface area (Å²) < 4.78 is 16.9. The average Bonchev–Trinajstić information content (AvgIpc) is 0.918. The molecule has 0 heterocycles. The summed E-state index contributed by atoms with van der Waals surface area (Å²) in [5, 5.41) is 0. The minimum absolute atomic E-state index is 0. The van der Waals surface area contributed by atoms with Gasteiger partial charge >= 0.3 is 23.5 Å². The molecule has 0 aliphatic rings. The van der Waals surface area contributed by atoms with E-state index in [0.717, 1.165) is 0 Å². The van der Waals surface area contributed by atoms with E-state index in [1.165, 1.54) is 0 Å². The third kappa shape index (κ3) is 135. The normalized spacial score (nSPS) is 2.00. The van der Waals surface area contributed by atoms with E-state index in [1.807, 2.05) is 0 Å². The SMILES string of the molecule is O.[O]=[V]=[O]. The number of rotatable bonds is 0. The summed E-state index contributed by atoms with van der Waals surface area (Å²) in [6.07, 6.45) is 0. The summed E-state index contributed by atoms with van der Waals surface area (Å²) in [5.74, 6) is 0. The second-order valence-electron chi connectivity index (χ2n) is 0.0745. The van der Waals surface area contributed by atoms with Gasteiger partial charge in [-0.1, -0.05) is 0 Å². The van der Waals surface area contributed by atoms with Crippen LogP contribution in [-0.4, -0.2) is 5.48 Å². The van der Waals surface area contributed by atoms with Gasteiger partial charge in [0.25, 0.3) is 0 Å². The maximum absolute atomic E-state index is 8.47. The van der Waals surface area contributed by atoms with Crippen LogP contribution in [0, 0.1) is 0 Å². The first-order valence-corrected chi connectivity index (χ1v) is 1.51. The molecule has 0 aromatic rings. The Bertz CT molecular complexity index is 24.3. The molecule has 0 aromatic carbocycles. The van der Waals surface area contributed by atoms with Crippen LogP contribution < -0.4 is 0 Å². The van der Waals surface area contributed by atoms with Crippen LogP contribution in [0.1, 0.15) is 0 Å². The van der Waals surface area contributed by atoms with Crippen molar-refractivity contribution in [1.29, 1.82) is 0 Å². The topological polar surface area (TPSA) is 65.6 Å². The van der Waals surface area contributed by atoms with Gasteiger partial charge in [0.2, 0.25) is 0 Å². The molecule has 0 aliphatic carbocycles. The van der Waals surface area contributed by atoms with E-state index in [0.29, 0.717) is 0 Å². The van der Waals surface area contributed by atoms with Gasteiger partial charge in [0.1, 0.15) is 0 Å². The Balaban J connectivity index is 0. The van der Waals surface area contributed by atoms with Crippen molar-refractivity contribution in [3.8, 4) is 0 Å². The van der Waals surface area contributed by atoms with Gasteiger partial charge in [-0.05, 0) is 0 Å². The number of hydrogen-bond donors (Lipinski definition) is 0. The summed E-state index contributed by atoms with van der Waals surface area (Å²) in [5.41, 5.74) is 0. The van der Waals surface area contributed by atoms with E-state index in [2.05, 4.69) is 0 Å². The van der Waals surface area contributed by atoms with Gasteiger partial charge < -0.3 is 5.48 Å². The molecule has 0 amide bonds. The predicted molar refractivity (Wildman–Crippen MR) is 4.99 cm³/mol. The zero-order valence-electron chi connectivity index (χ0n) is 1.76. The van der Waals surface area contributed by atoms with Crippen LogP contribution in [-0.2, 0) is 23.5 Å². The minimum atomic E-state index is -1.81. The molecule has 0 fully saturated rings. The van der Waals surface area contributed by atoms with Gasteiger partial charge in [0, 0.05) is 0 Å². The van der Waals surface area contributed by atoms with E-state index < -0.39 is 16.2 Å². The molecule has 0 unspecified atom stereocenters. The Morgan fingerprint density at radius 3 is 1.25 bits per heavy atom. The molecule has 4 heavy (non-hydrogen) atoms. The molecule has 0 rings (SSSR count). The van der Waals surface area contributed by atoms with Crippen LogP contribution in [0.15, 0.2) is 0 Å². The Kier molecular flexibility index (Phi) is 24.6. The first-order valence-electron chi connectivity index (χ1n) is 0.365. The second kappa shape index (κ2) is 11.0. The van der Waals surface area contributed by atoms with Crippen LogP contribution in [0.4, 0.5) is 0 Å². The van der Waals surface area contributed by atoms with Gasteiger partial charge in [-0.25, -0.2) is 0 Å². The standard InChI is InChI=1S/H2O.2O.V/h1H2;;;. The molecule has 25 valence electrons. The molecule has 0 radical (unpaired) electrons. The van der Waals surface area contributed by atoms with Crippen molar-refractivity contribution in [3.05, 3.63) is 0 Å². The summed E-state index contributed by atoms with van der Waals surface area (Å²) in [6.45, 7) is 0. The van der Waals surface area contributed by atoms with Crippen LogP contribution in [0.25, 0.3) is 0 Å². The van der Waals surface area contributed by atoms with E-state index in [9.17, 15) is 0 Å².